The number of nitrogens with zero attached hydrogens (tertiary/aromatic N) is 1. The van der Waals surface area contributed by atoms with Gasteiger partial charge in [-0.05, 0) is 37.7 Å². The summed E-state index contributed by atoms with van der Waals surface area (Å²) < 4.78 is 10.9. The normalized spacial score (nSPS) is 12.3. The minimum absolute atomic E-state index is 0. The highest BCUT2D eigenvalue weighted by molar-refractivity contribution is 14.0. The van der Waals surface area contributed by atoms with Crippen molar-refractivity contribution >= 4 is 29.9 Å². The molecule has 0 heterocycles. The summed E-state index contributed by atoms with van der Waals surface area (Å²) in [4.78, 5) is 4.66. The lowest BCUT2D eigenvalue weighted by Crippen LogP contribution is -2.38. The number of methoxy groups -OCH3 is 1. The maximum absolute atomic E-state index is 5.79. The number of ether oxygens (including phenoxy) is 2. The summed E-state index contributed by atoms with van der Waals surface area (Å²) in [6.07, 6.45) is 3.41. The first-order valence-electron chi connectivity index (χ1n) is 9.39. The largest absolute Gasteiger partial charge is 0.385 e. The lowest BCUT2D eigenvalue weighted by Gasteiger charge is -2.14. The molecule has 1 atom stereocenters. The Balaban J connectivity index is 0.00000625. The second-order valence-electron chi connectivity index (χ2n) is 6.31. The van der Waals surface area contributed by atoms with E-state index in [0.29, 0.717) is 12.5 Å². The van der Waals surface area contributed by atoms with Crippen LogP contribution in [0.2, 0.25) is 0 Å². The highest BCUT2D eigenvalue weighted by atomic mass is 127. The summed E-state index contributed by atoms with van der Waals surface area (Å²) in [7, 11) is 1.75. The molecule has 0 aliphatic carbocycles. The van der Waals surface area contributed by atoms with Crippen molar-refractivity contribution in [2.75, 3.05) is 40.0 Å². The van der Waals surface area contributed by atoms with Crippen LogP contribution in [0.25, 0.3) is 0 Å². The van der Waals surface area contributed by atoms with Crippen LogP contribution < -0.4 is 10.6 Å². The van der Waals surface area contributed by atoms with E-state index in [1.54, 1.807) is 7.11 Å². The van der Waals surface area contributed by atoms with Crippen LogP contribution in [-0.4, -0.2) is 45.9 Å². The molecule has 0 saturated carbocycles. The van der Waals surface area contributed by atoms with Crippen LogP contribution >= 0.6 is 24.0 Å². The lowest BCUT2D eigenvalue weighted by atomic mass is 10.2. The van der Waals surface area contributed by atoms with E-state index in [0.717, 1.165) is 51.6 Å². The molecule has 0 aliphatic rings. The molecule has 0 aliphatic heterocycles. The summed E-state index contributed by atoms with van der Waals surface area (Å²) in [5, 5.41) is 6.69. The fraction of sp³-hybridized carbons (Fsp3) is 0.650. The third-order valence-corrected chi connectivity index (χ3v) is 3.74. The van der Waals surface area contributed by atoms with E-state index < -0.39 is 0 Å². The molecule has 0 aromatic heterocycles. The van der Waals surface area contributed by atoms with E-state index in [1.807, 2.05) is 18.2 Å². The summed E-state index contributed by atoms with van der Waals surface area (Å²) in [5.74, 6) is 1.28. The van der Waals surface area contributed by atoms with Crippen LogP contribution in [0.15, 0.2) is 35.3 Å². The first-order valence-corrected chi connectivity index (χ1v) is 9.39. The van der Waals surface area contributed by atoms with Crippen LogP contribution in [0.5, 0.6) is 0 Å². The van der Waals surface area contributed by atoms with Crippen molar-refractivity contribution < 1.29 is 9.47 Å². The lowest BCUT2D eigenvalue weighted by molar-refractivity contribution is 0.0945. The van der Waals surface area contributed by atoms with Crippen molar-refractivity contribution in [3.05, 3.63) is 35.9 Å². The Morgan fingerprint density at radius 1 is 1.12 bits per heavy atom. The van der Waals surface area contributed by atoms with E-state index in [2.05, 4.69) is 41.6 Å². The van der Waals surface area contributed by atoms with Gasteiger partial charge in [0.1, 0.15) is 0 Å². The van der Waals surface area contributed by atoms with Crippen molar-refractivity contribution in [1.29, 1.82) is 0 Å². The monoisotopic (exact) mass is 477 g/mol. The molecule has 0 amide bonds. The molecule has 0 bridgehead atoms. The van der Waals surface area contributed by atoms with Gasteiger partial charge in [-0.15, -0.1) is 24.0 Å². The van der Waals surface area contributed by atoms with Gasteiger partial charge in [-0.3, -0.25) is 4.99 Å². The van der Waals surface area contributed by atoms with Crippen molar-refractivity contribution in [3.8, 4) is 0 Å². The number of guanidine groups is 1. The van der Waals surface area contributed by atoms with Crippen LogP contribution in [0.1, 0.15) is 38.7 Å². The zero-order valence-corrected chi connectivity index (χ0v) is 18.8. The highest BCUT2D eigenvalue weighted by Crippen LogP contribution is 2.03. The van der Waals surface area contributed by atoms with Crippen molar-refractivity contribution in [2.24, 2.45) is 10.9 Å². The topological polar surface area (TPSA) is 54.9 Å². The second kappa shape index (κ2) is 17.5. The average molecular weight is 477 g/mol. The van der Waals surface area contributed by atoms with Gasteiger partial charge in [0.2, 0.25) is 0 Å². The second-order valence-corrected chi connectivity index (χ2v) is 6.31. The Morgan fingerprint density at radius 3 is 2.58 bits per heavy atom. The Labute approximate surface area is 176 Å². The number of hydrogen-bond acceptors (Lipinski definition) is 3. The van der Waals surface area contributed by atoms with E-state index in [4.69, 9.17) is 9.47 Å². The minimum Gasteiger partial charge on any atom is -0.385 e. The molecule has 0 spiro atoms. The summed E-state index contributed by atoms with van der Waals surface area (Å²) >= 11 is 0. The van der Waals surface area contributed by atoms with Crippen LogP contribution in [-0.2, 0) is 16.1 Å². The number of nitrogens with one attached hydrogen (secondary N) is 2. The summed E-state index contributed by atoms with van der Waals surface area (Å²) in [6, 6.07) is 10.3. The Morgan fingerprint density at radius 2 is 1.88 bits per heavy atom. The van der Waals surface area contributed by atoms with Gasteiger partial charge in [-0.1, -0.05) is 37.3 Å². The zero-order valence-electron chi connectivity index (χ0n) is 16.5. The van der Waals surface area contributed by atoms with E-state index in [-0.39, 0.29) is 24.0 Å². The Bertz CT molecular complexity index is 458. The average Bonchev–Trinajstić information content (AvgIpc) is 2.63. The van der Waals surface area contributed by atoms with E-state index >= 15 is 0 Å². The predicted octanol–water partition coefficient (Wildman–Crippen LogP) is 3.83. The van der Waals surface area contributed by atoms with E-state index in [1.165, 1.54) is 12.0 Å². The van der Waals surface area contributed by atoms with Crippen LogP contribution in [0, 0.1) is 5.92 Å². The standard InChI is InChI=1S/C20H35N3O2.HI/c1-4-21-20(22-13-9-6-10-14-24-3)23-15-18(2)16-25-17-19-11-7-5-8-12-19;/h5,7-8,11-12,18H,4,6,9-10,13-17H2,1-3H3,(H2,21,22,23);1H. The van der Waals surface area contributed by atoms with Gasteiger partial charge in [0, 0.05) is 33.4 Å². The van der Waals surface area contributed by atoms with Crippen molar-refractivity contribution in [2.45, 2.75) is 39.7 Å². The molecule has 6 heteroatoms. The summed E-state index contributed by atoms with van der Waals surface area (Å²) in [5.41, 5.74) is 1.21. The number of rotatable bonds is 13. The van der Waals surface area contributed by atoms with Gasteiger partial charge in [-0.25, -0.2) is 0 Å². The first-order chi connectivity index (χ1) is 12.3. The Hall–Kier alpha value is -0.860. The number of unbranched alkanes of at least 4 members (excludes halogenated alkanes) is 2. The van der Waals surface area contributed by atoms with Crippen LogP contribution in [0.4, 0.5) is 0 Å². The molecule has 1 rings (SSSR count). The van der Waals surface area contributed by atoms with Crippen molar-refractivity contribution in [3.63, 3.8) is 0 Å². The molecular formula is C20H36IN3O2. The zero-order chi connectivity index (χ0) is 18.2. The van der Waals surface area contributed by atoms with Gasteiger partial charge >= 0.3 is 0 Å². The maximum Gasteiger partial charge on any atom is 0.191 e. The third-order valence-electron chi connectivity index (χ3n) is 3.74. The van der Waals surface area contributed by atoms with Gasteiger partial charge < -0.3 is 20.1 Å². The summed E-state index contributed by atoms with van der Waals surface area (Å²) in [6.45, 7) is 9.04. The van der Waals surface area contributed by atoms with Gasteiger partial charge in [0.05, 0.1) is 13.2 Å². The molecule has 150 valence electrons. The maximum atomic E-state index is 5.79. The van der Waals surface area contributed by atoms with Crippen LogP contribution in [0.3, 0.4) is 0 Å². The van der Waals surface area contributed by atoms with Crippen molar-refractivity contribution in [1.82, 2.24) is 10.6 Å². The molecule has 0 fully saturated rings. The Kier molecular flexibility index (Phi) is 17.0. The molecule has 26 heavy (non-hydrogen) atoms. The molecule has 1 aromatic carbocycles. The third kappa shape index (κ3) is 13.4. The molecule has 1 aromatic rings. The molecule has 1 unspecified atom stereocenters. The quantitative estimate of drug-likeness (QED) is 0.196. The molecular weight excluding hydrogens is 441 g/mol. The number of aliphatic imine (C=N–C) groups is 1. The number of hydrogen-bond donors (Lipinski definition) is 2. The molecule has 5 nitrogen and oxygen atoms in total. The SMILES string of the molecule is CCNC(=NCC(C)COCc1ccccc1)NCCCCCOC.I. The molecule has 2 N–H and O–H groups in total. The van der Waals surface area contributed by atoms with Gasteiger partial charge in [0.15, 0.2) is 5.96 Å². The fourth-order valence-corrected chi connectivity index (χ4v) is 2.35. The smallest absolute Gasteiger partial charge is 0.191 e. The van der Waals surface area contributed by atoms with Gasteiger partial charge in [0.25, 0.3) is 0 Å². The molecule has 0 saturated heterocycles. The highest BCUT2D eigenvalue weighted by Gasteiger charge is 2.03. The predicted molar refractivity (Wildman–Crippen MR) is 120 cm³/mol. The fourth-order valence-electron chi connectivity index (χ4n) is 2.35. The minimum atomic E-state index is 0. The van der Waals surface area contributed by atoms with Gasteiger partial charge in [-0.2, -0.15) is 0 Å². The molecule has 0 radical (unpaired) electrons. The number of benzene rings is 1. The van der Waals surface area contributed by atoms with E-state index in [9.17, 15) is 0 Å². The first kappa shape index (κ1) is 25.1. The number of halogens is 1.